The summed E-state index contributed by atoms with van der Waals surface area (Å²) >= 11 is 0. The van der Waals surface area contributed by atoms with Gasteiger partial charge in [-0.2, -0.15) is 8.78 Å². The highest BCUT2D eigenvalue weighted by Crippen LogP contribution is 2.23. The molecule has 1 aromatic heterocycles. The number of alkyl halides is 2. The molecule has 5 heteroatoms. The van der Waals surface area contributed by atoms with Gasteiger partial charge in [0.2, 0.25) is 0 Å². The summed E-state index contributed by atoms with van der Waals surface area (Å²) in [7, 11) is 0. The molecule has 0 unspecified atom stereocenters. The molecule has 0 fully saturated rings. The second-order valence-corrected chi connectivity index (χ2v) is 2.95. The Morgan fingerprint density at radius 2 is 2.20 bits per heavy atom. The first-order valence-electron chi connectivity index (χ1n) is 4.22. The topological polar surface area (TPSA) is 42.1 Å². The number of carbonyl (C=O) groups excluding carboxylic acids is 1. The normalized spacial score (nSPS) is 10.9. The molecule has 0 aliphatic heterocycles. The summed E-state index contributed by atoms with van der Waals surface area (Å²) in [4.78, 5) is 13.5. The van der Waals surface area contributed by atoms with Crippen molar-refractivity contribution in [3.05, 3.63) is 30.0 Å². The number of hydrogen-bond donors (Lipinski definition) is 1. The molecular formula is C10H7F2NO2. The van der Waals surface area contributed by atoms with E-state index in [1.165, 1.54) is 18.3 Å². The van der Waals surface area contributed by atoms with Crippen molar-refractivity contribution in [2.24, 2.45) is 0 Å². The lowest BCUT2D eigenvalue weighted by Gasteiger charge is -2.03. The molecule has 3 nitrogen and oxygen atoms in total. The van der Waals surface area contributed by atoms with E-state index in [2.05, 4.69) is 9.72 Å². The van der Waals surface area contributed by atoms with Gasteiger partial charge in [0.25, 0.3) is 0 Å². The molecular weight excluding hydrogens is 204 g/mol. The third kappa shape index (κ3) is 1.81. The van der Waals surface area contributed by atoms with E-state index in [0.29, 0.717) is 22.8 Å². The molecule has 15 heavy (non-hydrogen) atoms. The van der Waals surface area contributed by atoms with Crippen molar-refractivity contribution in [3.63, 3.8) is 0 Å². The SMILES string of the molecule is O=Cc1c[nH]c2ccc(OC(F)F)cc12. The maximum Gasteiger partial charge on any atom is 0.387 e. The summed E-state index contributed by atoms with van der Waals surface area (Å²) in [5, 5.41) is 0.572. The fourth-order valence-electron chi connectivity index (χ4n) is 1.39. The van der Waals surface area contributed by atoms with E-state index in [1.807, 2.05) is 0 Å². The Labute approximate surface area is 83.7 Å². The Morgan fingerprint density at radius 1 is 1.40 bits per heavy atom. The van der Waals surface area contributed by atoms with Crippen LogP contribution >= 0.6 is 0 Å². The highest BCUT2D eigenvalue weighted by Gasteiger charge is 2.07. The van der Waals surface area contributed by atoms with Gasteiger partial charge >= 0.3 is 6.61 Å². The number of halogens is 2. The van der Waals surface area contributed by atoms with Crippen LogP contribution in [0.2, 0.25) is 0 Å². The minimum Gasteiger partial charge on any atom is -0.435 e. The molecule has 0 spiro atoms. The average molecular weight is 211 g/mol. The molecule has 0 bridgehead atoms. The maximum atomic E-state index is 11.9. The molecule has 1 aromatic carbocycles. The molecule has 78 valence electrons. The first-order valence-corrected chi connectivity index (χ1v) is 4.22. The Morgan fingerprint density at radius 3 is 2.87 bits per heavy atom. The Kier molecular flexibility index (Phi) is 2.37. The number of aldehydes is 1. The van der Waals surface area contributed by atoms with Gasteiger partial charge in [0.1, 0.15) is 5.75 Å². The number of rotatable bonds is 3. The van der Waals surface area contributed by atoms with E-state index in [0.717, 1.165) is 0 Å². The van der Waals surface area contributed by atoms with E-state index < -0.39 is 6.61 Å². The van der Waals surface area contributed by atoms with Gasteiger partial charge < -0.3 is 9.72 Å². The number of aromatic nitrogens is 1. The van der Waals surface area contributed by atoms with Crippen molar-refractivity contribution in [3.8, 4) is 5.75 Å². The van der Waals surface area contributed by atoms with Crippen LogP contribution < -0.4 is 4.74 Å². The molecule has 0 atom stereocenters. The van der Waals surface area contributed by atoms with Crippen LogP contribution in [-0.2, 0) is 0 Å². The lowest BCUT2D eigenvalue weighted by molar-refractivity contribution is -0.0497. The van der Waals surface area contributed by atoms with Crippen molar-refractivity contribution >= 4 is 17.2 Å². The summed E-state index contributed by atoms with van der Waals surface area (Å²) in [6.07, 6.45) is 2.18. The number of benzene rings is 1. The number of nitrogens with one attached hydrogen (secondary N) is 1. The first kappa shape index (κ1) is 9.64. The third-order valence-electron chi connectivity index (χ3n) is 2.04. The number of aromatic amines is 1. The molecule has 1 N–H and O–H groups in total. The van der Waals surface area contributed by atoms with Crippen molar-refractivity contribution in [1.82, 2.24) is 4.98 Å². The van der Waals surface area contributed by atoms with Gasteiger partial charge in [0, 0.05) is 22.7 Å². The van der Waals surface area contributed by atoms with Crippen molar-refractivity contribution < 1.29 is 18.3 Å². The fraction of sp³-hybridized carbons (Fsp3) is 0.100. The zero-order chi connectivity index (χ0) is 10.8. The second-order valence-electron chi connectivity index (χ2n) is 2.95. The highest BCUT2D eigenvalue weighted by atomic mass is 19.3. The number of hydrogen-bond acceptors (Lipinski definition) is 2. The number of H-pyrrole nitrogens is 1. The fourth-order valence-corrected chi connectivity index (χ4v) is 1.39. The van der Waals surface area contributed by atoms with Crippen LogP contribution in [0.15, 0.2) is 24.4 Å². The average Bonchev–Trinajstić information content (AvgIpc) is 2.59. The largest absolute Gasteiger partial charge is 0.435 e. The van der Waals surface area contributed by atoms with Gasteiger partial charge in [-0.15, -0.1) is 0 Å². The smallest absolute Gasteiger partial charge is 0.387 e. The van der Waals surface area contributed by atoms with Crippen LogP contribution in [0.1, 0.15) is 10.4 Å². The standard InChI is InChI=1S/C10H7F2NO2/c11-10(12)15-7-1-2-9-8(3-7)6(5-14)4-13-9/h1-5,10,13H. The van der Waals surface area contributed by atoms with Crippen LogP contribution in [0.4, 0.5) is 8.78 Å². The zero-order valence-electron chi connectivity index (χ0n) is 7.54. The first-order chi connectivity index (χ1) is 7.20. The van der Waals surface area contributed by atoms with Gasteiger partial charge in [-0.1, -0.05) is 0 Å². The van der Waals surface area contributed by atoms with Crippen LogP contribution in [-0.4, -0.2) is 17.9 Å². The maximum absolute atomic E-state index is 11.9. The summed E-state index contributed by atoms with van der Waals surface area (Å²) in [5.41, 5.74) is 1.13. The van der Waals surface area contributed by atoms with Crippen molar-refractivity contribution in [2.75, 3.05) is 0 Å². The molecule has 0 aliphatic rings. The Balaban J connectivity index is 2.48. The summed E-state index contributed by atoms with van der Waals surface area (Å²) in [5.74, 6) is 0.0419. The van der Waals surface area contributed by atoms with Crippen LogP contribution in [0.5, 0.6) is 5.75 Å². The van der Waals surface area contributed by atoms with Gasteiger partial charge in [-0.05, 0) is 18.2 Å². The molecule has 0 amide bonds. The predicted octanol–water partition coefficient (Wildman–Crippen LogP) is 2.58. The van der Waals surface area contributed by atoms with Crippen molar-refractivity contribution in [2.45, 2.75) is 6.61 Å². The van der Waals surface area contributed by atoms with E-state index in [9.17, 15) is 13.6 Å². The van der Waals surface area contributed by atoms with Crippen LogP contribution in [0, 0.1) is 0 Å². The number of carbonyl (C=O) groups is 1. The van der Waals surface area contributed by atoms with Gasteiger partial charge in [0.05, 0.1) is 0 Å². The highest BCUT2D eigenvalue weighted by molar-refractivity contribution is 5.97. The van der Waals surface area contributed by atoms with Gasteiger partial charge in [0.15, 0.2) is 6.29 Å². The molecule has 2 rings (SSSR count). The third-order valence-corrected chi connectivity index (χ3v) is 2.04. The van der Waals surface area contributed by atoms with Gasteiger partial charge in [-0.25, -0.2) is 0 Å². The van der Waals surface area contributed by atoms with E-state index in [-0.39, 0.29) is 5.75 Å². The van der Waals surface area contributed by atoms with Crippen LogP contribution in [0.3, 0.4) is 0 Å². The molecule has 0 aliphatic carbocycles. The molecule has 0 radical (unpaired) electrons. The lowest BCUT2D eigenvalue weighted by atomic mass is 10.2. The molecule has 0 saturated carbocycles. The second kappa shape index (κ2) is 3.68. The minimum atomic E-state index is -2.86. The Hall–Kier alpha value is -1.91. The van der Waals surface area contributed by atoms with Gasteiger partial charge in [-0.3, -0.25) is 4.79 Å². The van der Waals surface area contributed by atoms with E-state index in [4.69, 9.17) is 0 Å². The number of ether oxygens (including phenoxy) is 1. The molecule has 2 aromatic rings. The number of fused-ring (bicyclic) bond motifs is 1. The minimum absolute atomic E-state index is 0.0419. The van der Waals surface area contributed by atoms with E-state index >= 15 is 0 Å². The summed E-state index contributed by atoms with van der Waals surface area (Å²) in [6.45, 7) is -2.86. The van der Waals surface area contributed by atoms with E-state index in [1.54, 1.807) is 6.07 Å². The summed E-state index contributed by atoms with van der Waals surface area (Å²) < 4.78 is 28.1. The zero-order valence-corrected chi connectivity index (χ0v) is 7.54. The lowest BCUT2D eigenvalue weighted by Crippen LogP contribution is -2.01. The molecule has 0 saturated heterocycles. The van der Waals surface area contributed by atoms with Crippen molar-refractivity contribution in [1.29, 1.82) is 0 Å². The quantitative estimate of drug-likeness (QED) is 0.793. The monoisotopic (exact) mass is 211 g/mol. The molecule has 1 heterocycles. The summed E-state index contributed by atoms with van der Waals surface area (Å²) in [6, 6.07) is 4.40. The Bertz CT molecular complexity index is 493. The van der Waals surface area contributed by atoms with Crippen LogP contribution in [0.25, 0.3) is 10.9 Å². The predicted molar refractivity (Wildman–Crippen MR) is 50.3 cm³/mol.